The minimum Gasteiger partial charge on any atom is -0.496 e. The first-order chi connectivity index (χ1) is 12.7. The van der Waals surface area contributed by atoms with Gasteiger partial charge in [0.25, 0.3) is 0 Å². The highest BCUT2D eigenvalue weighted by Gasteiger charge is 2.37. The summed E-state index contributed by atoms with van der Waals surface area (Å²) in [5.74, 6) is 1.83. The third-order valence-corrected chi connectivity index (χ3v) is 5.54. The quantitative estimate of drug-likeness (QED) is 0.290. The van der Waals surface area contributed by atoms with Crippen LogP contribution in [-0.4, -0.2) is 45.9 Å². The highest BCUT2D eigenvalue weighted by atomic mass is 127. The minimum absolute atomic E-state index is 0. The molecule has 150 valence electrons. The Bertz CT molecular complexity index is 661. The number of methoxy groups -OCH3 is 1. The summed E-state index contributed by atoms with van der Waals surface area (Å²) in [6.45, 7) is 4.50. The van der Waals surface area contributed by atoms with Gasteiger partial charge in [0.1, 0.15) is 5.75 Å². The molecule has 1 aromatic carbocycles. The van der Waals surface area contributed by atoms with E-state index >= 15 is 0 Å². The van der Waals surface area contributed by atoms with Gasteiger partial charge in [0.2, 0.25) is 0 Å². The number of aryl methyl sites for hydroxylation is 1. The molecule has 2 N–H and O–H groups in total. The van der Waals surface area contributed by atoms with E-state index in [-0.39, 0.29) is 29.4 Å². The lowest BCUT2D eigenvalue weighted by molar-refractivity contribution is 0.0505. The number of guanidine groups is 1. The van der Waals surface area contributed by atoms with Gasteiger partial charge in [0.05, 0.1) is 7.11 Å². The molecule has 0 radical (unpaired) electrons. The average molecular weight is 485 g/mol. The lowest BCUT2D eigenvalue weighted by Gasteiger charge is -2.39. The molecule has 3 rings (SSSR count). The second-order valence-electron chi connectivity index (χ2n) is 7.31. The van der Waals surface area contributed by atoms with Gasteiger partial charge in [-0.15, -0.1) is 24.0 Å². The number of nitrogens with zero attached hydrogens (tertiary/aromatic N) is 1. The molecule has 0 aromatic heterocycles. The number of halogens is 1. The van der Waals surface area contributed by atoms with Crippen molar-refractivity contribution in [2.45, 2.75) is 44.1 Å². The maximum absolute atomic E-state index is 5.70. The first-order valence-corrected chi connectivity index (χ1v) is 9.52. The molecule has 1 aromatic rings. The molecular formula is C21H32IN3O2. The zero-order chi connectivity index (χ0) is 18.4. The van der Waals surface area contributed by atoms with Gasteiger partial charge in [-0.2, -0.15) is 0 Å². The van der Waals surface area contributed by atoms with Crippen LogP contribution in [0, 0.1) is 6.92 Å². The van der Waals surface area contributed by atoms with Crippen molar-refractivity contribution < 1.29 is 9.47 Å². The molecule has 0 spiro atoms. The predicted octanol–water partition coefficient (Wildman–Crippen LogP) is 3.55. The van der Waals surface area contributed by atoms with Gasteiger partial charge in [0.15, 0.2) is 5.96 Å². The zero-order valence-electron chi connectivity index (χ0n) is 16.6. The fraction of sp³-hybridized carbons (Fsp3) is 0.571. The largest absolute Gasteiger partial charge is 0.496 e. The number of ether oxygens (including phenoxy) is 2. The molecule has 0 amide bonds. The molecule has 1 fully saturated rings. The van der Waals surface area contributed by atoms with Gasteiger partial charge < -0.3 is 20.1 Å². The standard InChI is InChI=1S/C21H31N3O2.HI/c1-16-8-9-19(25-3)18(14-16)21(10-12-26-13-11-21)15-23-20(22-2)24-17-6-4-5-7-17;/h4-5,8-9,14,17H,6-7,10-13,15H2,1-3H3,(H2,22,23,24);1H. The van der Waals surface area contributed by atoms with E-state index in [0.717, 1.165) is 57.2 Å². The van der Waals surface area contributed by atoms with Crippen LogP contribution in [0.5, 0.6) is 5.75 Å². The normalized spacial score (nSPS) is 19.4. The molecular weight excluding hydrogens is 453 g/mol. The molecule has 0 atom stereocenters. The van der Waals surface area contributed by atoms with E-state index in [9.17, 15) is 0 Å². The van der Waals surface area contributed by atoms with E-state index in [2.05, 4.69) is 52.9 Å². The Morgan fingerprint density at radius 3 is 2.59 bits per heavy atom. The second-order valence-corrected chi connectivity index (χ2v) is 7.31. The van der Waals surface area contributed by atoms with Crippen LogP contribution in [0.15, 0.2) is 35.3 Å². The summed E-state index contributed by atoms with van der Waals surface area (Å²) in [6, 6.07) is 6.90. The Hall–Kier alpha value is -1.28. The molecule has 1 aliphatic heterocycles. The summed E-state index contributed by atoms with van der Waals surface area (Å²) in [7, 11) is 3.59. The van der Waals surface area contributed by atoms with E-state index in [1.54, 1.807) is 7.11 Å². The van der Waals surface area contributed by atoms with Gasteiger partial charge in [-0.25, -0.2) is 0 Å². The topological polar surface area (TPSA) is 54.9 Å². The fourth-order valence-electron chi connectivity index (χ4n) is 3.92. The molecule has 27 heavy (non-hydrogen) atoms. The maximum Gasteiger partial charge on any atom is 0.191 e. The molecule has 2 aliphatic rings. The average Bonchev–Trinajstić information content (AvgIpc) is 3.19. The van der Waals surface area contributed by atoms with Crippen LogP contribution in [0.1, 0.15) is 36.8 Å². The fourth-order valence-corrected chi connectivity index (χ4v) is 3.92. The molecule has 0 saturated carbocycles. The number of benzene rings is 1. The van der Waals surface area contributed by atoms with Crippen LogP contribution < -0.4 is 15.4 Å². The molecule has 1 aliphatic carbocycles. The van der Waals surface area contributed by atoms with E-state index in [4.69, 9.17) is 9.47 Å². The lowest BCUT2D eigenvalue weighted by atomic mass is 9.73. The van der Waals surface area contributed by atoms with Crippen molar-refractivity contribution >= 4 is 29.9 Å². The third kappa shape index (κ3) is 5.38. The number of hydrogen-bond acceptors (Lipinski definition) is 3. The van der Waals surface area contributed by atoms with E-state index in [0.29, 0.717) is 6.04 Å². The van der Waals surface area contributed by atoms with Gasteiger partial charge >= 0.3 is 0 Å². The van der Waals surface area contributed by atoms with Gasteiger partial charge in [-0.3, -0.25) is 4.99 Å². The molecule has 0 bridgehead atoms. The van der Waals surface area contributed by atoms with Gasteiger partial charge in [-0.05, 0) is 38.7 Å². The Morgan fingerprint density at radius 2 is 1.96 bits per heavy atom. The van der Waals surface area contributed by atoms with Crippen molar-refractivity contribution in [3.63, 3.8) is 0 Å². The summed E-state index contributed by atoms with van der Waals surface area (Å²) in [5.41, 5.74) is 2.52. The van der Waals surface area contributed by atoms with Crippen molar-refractivity contribution in [2.24, 2.45) is 4.99 Å². The van der Waals surface area contributed by atoms with E-state index in [1.165, 1.54) is 11.1 Å². The van der Waals surface area contributed by atoms with Crippen LogP contribution in [-0.2, 0) is 10.2 Å². The lowest BCUT2D eigenvalue weighted by Crippen LogP contribution is -2.50. The van der Waals surface area contributed by atoms with Gasteiger partial charge in [0, 0.05) is 43.8 Å². The molecule has 6 heteroatoms. The first kappa shape index (κ1) is 22.0. The number of hydrogen-bond donors (Lipinski definition) is 2. The summed E-state index contributed by atoms with van der Waals surface area (Å²) in [6.07, 6.45) is 8.52. The summed E-state index contributed by atoms with van der Waals surface area (Å²) < 4.78 is 11.4. The smallest absolute Gasteiger partial charge is 0.191 e. The first-order valence-electron chi connectivity index (χ1n) is 9.52. The summed E-state index contributed by atoms with van der Waals surface area (Å²) in [4.78, 5) is 4.43. The van der Waals surface area contributed by atoms with E-state index in [1.807, 2.05) is 7.05 Å². The SMILES string of the molecule is CN=C(NCC1(c2cc(C)ccc2OC)CCOCC1)NC1CC=CC1.I. The monoisotopic (exact) mass is 485 g/mol. The third-order valence-electron chi connectivity index (χ3n) is 5.54. The second kappa shape index (κ2) is 10.3. The van der Waals surface area contributed by atoms with Crippen LogP contribution in [0.25, 0.3) is 0 Å². The molecule has 1 saturated heterocycles. The van der Waals surface area contributed by atoms with Crippen LogP contribution in [0.2, 0.25) is 0 Å². The highest BCUT2D eigenvalue weighted by Crippen LogP contribution is 2.40. The Labute approximate surface area is 180 Å². The van der Waals surface area contributed by atoms with E-state index < -0.39 is 0 Å². The van der Waals surface area contributed by atoms with Crippen molar-refractivity contribution in [3.05, 3.63) is 41.5 Å². The summed E-state index contributed by atoms with van der Waals surface area (Å²) in [5, 5.41) is 7.10. The molecule has 5 nitrogen and oxygen atoms in total. The molecule has 1 heterocycles. The number of aliphatic imine (C=N–C) groups is 1. The van der Waals surface area contributed by atoms with Crippen LogP contribution in [0.4, 0.5) is 0 Å². The minimum atomic E-state index is -0.0127. The Kier molecular flexibility index (Phi) is 8.41. The number of rotatable bonds is 5. The van der Waals surface area contributed by atoms with Crippen LogP contribution in [0.3, 0.4) is 0 Å². The zero-order valence-corrected chi connectivity index (χ0v) is 18.9. The Morgan fingerprint density at radius 1 is 1.26 bits per heavy atom. The van der Waals surface area contributed by atoms with Crippen molar-refractivity contribution in [2.75, 3.05) is 33.9 Å². The maximum atomic E-state index is 5.70. The van der Waals surface area contributed by atoms with Crippen molar-refractivity contribution in [1.29, 1.82) is 0 Å². The molecule has 0 unspecified atom stereocenters. The highest BCUT2D eigenvalue weighted by molar-refractivity contribution is 14.0. The predicted molar refractivity (Wildman–Crippen MR) is 122 cm³/mol. The Balaban J connectivity index is 0.00000261. The number of nitrogens with one attached hydrogen (secondary N) is 2. The van der Waals surface area contributed by atoms with Crippen LogP contribution >= 0.6 is 24.0 Å². The van der Waals surface area contributed by atoms with Gasteiger partial charge in [-0.1, -0.05) is 29.8 Å². The van der Waals surface area contributed by atoms with Crippen molar-refractivity contribution in [3.8, 4) is 5.75 Å². The van der Waals surface area contributed by atoms with Crippen molar-refractivity contribution in [1.82, 2.24) is 10.6 Å². The summed E-state index contributed by atoms with van der Waals surface area (Å²) >= 11 is 0.